The van der Waals surface area contributed by atoms with E-state index in [1.54, 1.807) is 0 Å². The van der Waals surface area contributed by atoms with Crippen molar-refractivity contribution in [1.82, 2.24) is 0 Å². The van der Waals surface area contributed by atoms with Crippen molar-refractivity contribution in [2.24, 2.45) is 0 Å². The number of aliphatic carboxylic acids is 1. The number of likely N-dealkylation sites (N-methyl/N-ethyl adjacent to an activating group) is 1. The molecule has 1 atom stereocenters. The highest BCUT2D eigenvalue weighted by Crippen LogP contribution is 2.05. The van der Waals surface area contributed by atoms with Gasteiger partial charge in [-0.3, -0.25) is 4.79 Å². The van der Waals surface area contributed by atoms with Gasteiger partial charge in [0.15, 0.2) is 6.10 Å². The lowest BCUT2D eigenvalue weighted by atomic mass is 10.2. The molecule has 0 amide bonds. The van der Waals surface area contributed by atoms with E-state index in [2.05, 4.69) is 4.74 Å². The summed E-state index contributed by atoms with van der Waals surface area (Å²) in [6.45, 7) is 0.287. The van der Waals surface area contributed by atoms with E-state index >= 15 is 0 Å². The van der Waals surface area contributed by atoms with Gasteiger partial charge in [-0.05, 0) is 0 Å². The molecule has 0 aliphatic carbocycles. The molecule has 94 valence electrons. The van der Waals surface area contributed by atoms with E-state index in [4.69, 9.17) is 9.84 Å². The van der Waals surface area contributed by atoms with E-state index in [1.807, 2.05) is 21.1 Å². The van der Waals surface area contributed by atoms with Crippen molar-refractivity contribution in [2.45, 2.75) is 12.5 Å². The number of esters is 1. The van der Waals surface area contributed by atoms with E-state index < -0.39 is 18.0 Å². The quantitative estimate of drug-likeness (QED) is 0.485. The number of hydrogen-bond donors (Lipinski definition) is 1. The fourth-order valence-electron chi connectivity index (χ4n) is 1.29. The molecule has 16 heavy (non-hydrogen) atoms. The van der Waals surface area contributed by atoms with Gasteiger partial charge in [0.2, 0.25) is 0 Å². The molecule has 0 heterocycles. The van der Waals surface area contributed by atoms with Gasteiger partial charge < -0.3 is 19.1 Å². The van der Waals surface area contributed by atoms with Crippen molar-refractivity contribution in [2.75, 3.05) is 41.4 Å². The summed E-state index contributed by atoms with van der Waals surface area (Å²) in [5.74, 6) is -1.52. The molecule has 0 spiro atoms. The Morgan fingerprint density at radius 3 is 2.25 bits per heavy atom. The fraction of sp³-hybridized carbons (Fsp3) is 0.800. The van der Waals surface area contributed by atoms with Crippen molar-refractivity contribution in [3.8, 4) is 0 Å². The first-order valence-electron chi connectivity index (χ1n) is 4.95. The Labute approximate surface area is 95.3 Å². The highest BCUT2D eigenvalue weighted by Gasteiger charge is 2.24. The lowest BCUT2D eigenvalue weighted by Crippen LogP contribution is -2.44. The number of carbonyl (C=O) groups is 2. The minimum atomic E-state index is -0.983. The topological polar surface area (TPSA) is 72.8 Å². The number of carboxylic acids is 1. The maximum Gasteiger partial charge on any atom is 0.332 e. The number of ether oxygens (including phenoxy) is 2. The second-order valence-electron chi connectivity index (χ2n) is 4.62. The fourth-order valence-corrected chi connectivity index (χ4v) is 1.29. The number of carboxylic acid groups (broad SMARTS) is 1. The molecule has 0 fully saturated rings. The maximum absolute atomic E-state index is 11.2. The van der Waals surface area contributed by atoms with Gasteiger partial charge in [0, 0.05) is 7.11 Å². The van der Waals surface area contributed by atoms with Crippen molar-refractivity contribution < 1.29 is 28.7 Å². The van der Waals surface area contributed by atoms with Gasteiger partial charge in [-0.1, -0.05) is 0 Å². The molecule has 0 saturated carbocycles. The molecular formula is C10H20NO5+. The normalized spacial score (nSPS) is 13.2. The van der Waals surface area contributed by atoms with Crippen LogP contribution in [-0.2, 0) is 19.1 Å². The van der Waals surface area contributed by atoms with Crippen molar-refractivity contribution >= 4 is 11.9 Å². The Kier molecular flexibility index (Phi) is 5.98. The minimum absolute atomic E-state index is 0.159. The lowest BCUT2D eigenvalue weighted by molar-refractivity contribution is -0.873. The molecule has 0 aliphatic rings. The van der Waals surface area contributed by atoms with Crippen LogP contribution in [0.15, 0.2) is 0 Å². The molecule has 0 aromatic rings. The van der Waals surface area contributed by atoms with Gasteiger partial charge in [0.1, 0.15) is 13.2 Å². The first-order chi connectivity index (χ1) is 7.24. The third kappa shape index (κ3) is 8.19. The second kappa shape index (κ2) is 6.44. The van der Waals surface area contributed by atoms with Crippen LogP contribution in [0.1, 0.15) is 6.42 Å². The minimum Gasteiger partial charge on any atom is -0.481 e. The van der Waals surface area contributed by atoms with Crippen molar-refractivity contribution in [3.05, 3.63) is 0 Å². The zero-order valence-corrected chi connectivity index (χ0v) is 10.2. The number of carbonyl (C=O) groups excluding carboxylic acids is 1. The number of methoxy groups -OCH3 is 1. The highest BCUT2D eigenvalue weighted by atomic mass is 16.6. The summed E-state index contributed by atoms with van der Waals surface area (Å²) in [5.41, 5.74) is 0. The molecule has 0 rings (SSSR count). The molecular weight excluding hydrogens is 214 g/mol. The lowest BCUT2D eigenvalue weighted by Gasteiger charge is -2.28. The summed E-state index contributed by atoms with van der Waals surface area (Å²) in [6, 6.07) is 0. The number of nitrogens with zero attached hydrogens (tertiary/aromatic N) is 1. The van der Waals surface area contributed by atoms with E-state index in [9.17, 15) is 9.59 Å². The first-order valence-corrected chi connectivity index (χ1v) is 4.95. The summed E-state index contributed by atoms with van der Waals surface area (Å²) >= 11 is 0. The van der Waals surface area contributed by atoms with Crippen LogP contribution in [0.25, 0.3) is 0 Å². The van der Waals surface area contributed by atoms with Crippen LogP contribution in [0.2, 0.25) is 0 Å². The summed E-state index contributed by atoms with van der Waals surface area (Å²) in [4.78, 5) is 21.8. The molecule has 1 N–H and O–H groups in total. The van der Waals surface area contributed by atoms with Crippen LogP contribution in [0, 0.1) is 0 Å². The van der Waals surface area contributed by atoms with E-state index in [0.717, 1.165) is 0 Å². The van der Waals surface area contributed by atoms with Crippen LogP contribution in [0.5, 0.6) is 0 Å². The Hall–Kier alpha value is -1.14. The number of rotatable bonds is 7. The van der Waals surface area contributed by atoms with E-state index in [1.165, 1.54) is 7.11 Å². The SMILES string of the molecule is COCC(=O)OC(CC(=O)O)C[N+](C)(C)C. The Morgan fingerprint density at radius 1 is 1.31 bits per heavy atom. The second-order valence-corrected chi connectivity index (χ2v) is 4.62. The largest absolute Gasteiger partial charge is 0.481 e. The van der Waals surface area contributed by atoms with Crippen molar-refractivity contribution in [3.63, 3.8) is 0 Å². The van der Waals surface area contributed by atoms with Crippen LogP contribution in [0.4, 0.5) is 0 Å². The molecule has 0 aliphatic heterocycles. The third-order valence-electron chi connectivity index (χ3n) is 1.71. The predicted molar refractivity (Wildman–Crippen MR) is 56.9 cm³/mol. The molecule has 0 aromatic heterocycles. The summed E-state index contributed by atoms with van der Waals surface area (Å²) in [5, 5.41) is 8.69. The van der Waals surface area contributed by atoms with Gasteiger partial charge in [-0.2, -0.15) is 0 Å². The van der Waals surface area contributed by atoms with E-state index in [-0.39, 0.29) is 13.0 Å². The first kappa shape index (κ1) is 14.9. The summed E-state index contributed by atoms with van der Waals surface area (Å²) < 4.78 is 10.2. The monoisotopic (exact) mass is 234 g/mol. The maximum atomic E-state index is 11.2. The Balaban J connectivity index is 4.31. The average molecular weight is 234 g/mol. The zero-order valence-electron chi connectivity index (χ0n) is 10.2. The molecule has 1 unspecified atom stereocenters. The van der Waals surface area contributed by atoms with Crippen molar-refractivity contribution in [1.29, 1.82) is 0 Å². The van der Waals surface area contributed by atoms with Gasteiger partial charge >= 0.3 is 11.9 Å². The van der Waals surface area contributed by atoms with Crippen LogP contribution in [-0.4, -0.2) is 69.0 Å². The van der Waals surface area contributed by atoms with Crippen LogP contribution in [0.3, 0.4) is 0 Å². The molecule has 0 saturated heterocycles. The van der Waals surface area contributed by atoms with Gasteiger partial charge in [-0.15, -0.1) is 0 Å². The van der Waals surface area contributed by atoms with E-state index in [0.29, 0.717) is 11.0 Å². The predicted octanol–water partition coefficient (Wildman–Crippen LogP) is -0.274. The van der Waals surface area contributed by atoms with Gasteiger partial charge in [-0.25, -0.2) is 4.79 Å². The average Bonchev–Trinajstić information content (AvgIpc) is 1.98. The summed E-state index contributed by atoms with van der Waals surface area (Å²) in [7, 11) is 7.09. The Bertz CT molecular complexity index is 246. The standard InChI is InChI=1S/C10H19NO5/c1-11(2,3)6-8(5-9(12)13)16-10(14)7-15-4/h8H,5-7H2,1-4H3/p+1. The highest BCUT2D eigenvalue weighted by molar-refractivity contribution is 5.72. The van der Waals surface area contributed by atoms with Crippen LogP contribution >= 0.6 is 0 Å². The molecule has 6 heteroatoms. The number of hydrogen-bond acceptors (Lipinski definition) is 4. The molecule has 0 radical (unpaired) electrons. The van der Waals surface area contributed by atoms with Crippen LogP contribution < -0.4 is 0 Å². The Morgan fingerprint density at radius 2 is 1.88 bits per heavy atom. The third-order valence-corrected chi connectivity index (χ3v) is 1.71. The molecule has 6 nitrogen and oxygen atoms in total. The van der Waals surface area contributed by atoms with Gasteiger partial charge in [0.05, 0.1) is 27.6 Å². The molecule has 0 bridgehead atoms. The number of quaternary nitrogens is 1. The summed E-state index contributed by atoms with van der Waals surface area (Å²) in [6.07, 6.45) is -0.814. The zero-order chi connectivity index (χ0) is 12.8. The smallest absolute Gasteiger partial charge is 0.332 e. The molecule has 0 aromatic carbocycles. The van der Waals surface area contributed by atoms with Gasteiger partial charge in [0.25, 0.3) is 0 Å².